The Balaban J connectivity index is 1.68. The number of anilines is 1. The summed E-state index contributed by atoms with van der Waals surface area (Å²) in [6.45, 7) is 3.56. The molecule has 0 radical (unpaired) electrons. The molecule has 0 atom stereocenters. The lowest BCUT2D eigenvalue weighted by atomic mass is 10.2. The molecule has 1 heterocycles. The van der Waals surface area contributed by atoms with Crippen molar-refractivity contribution in [3.8, 4) is 5.75 Å². The van der Waals surface area contributed by atoms with Gasteiger partial charge < -0.3 is 14.5 Å². The highest BCUT2D eigenvalue weighted by molar-refractivity contribution is 6.31. The molecule has 3 rings (SSSR count). The molecule has 0 bridgehead atoms. The van der Waals surface area contributed by atoms with Gasteiger partial charge in [0.1, 0.15) is 12.4 Å². The molecule has 2 aromatic carbocycles. The predicted molar refractivity (Wildman–Crippen MR) is 105 cm³/mol. The number of carbonyl (C=O) groups is 1. The van der Waals surface area contributed by atoms with E-state index in [0.29, 0.717) is 16.5 Å². The number of ether oxygens (including phenoxy) is 1. The zero-order valence-electron chi connectivity index (χ0n) is 15.2. The molecular formula is C20H17ClN2O5. The second-order valence-electron chi connectivity index (χ2n) is 6.20. The highest BCUT2D eigenvalue weighted by Crippen LogP contribution is 2.28. The van der Waals surface area contributed by atoms with Crippen molar-refractivity contribution in [2.45, 2.75) is 20.5 Å². The van der Waals surface area contributed by atoms with Crippen molar-refractivity contribution in [1.82, 2.24) is 0 Å². The average Bonchev–Trinajstić information content (AvgIpc) is 3.12. The van der Waals surface area contributed by atoms with E-state index >= 15 is 0 Å². The van der Waals surface area contributed by atoms with Gasteiger partial charge in [-0.2, -0.15) is 0 Å². The lowest BCUT2D eigenvalue weighted by Gasteiger charge is -2.07. The van der Waals surface area contributed by atoms with E-state index in [1.54, 1.807) is 37.3 Å². The van der Waals surface area contributed by atoms with Crippen molar-refractivity contribution in [3.63, 3.8) is 0 Å². The number of hydrogen-bond acceptors (Lipinski definition) is 5. The van der Waals surface area contributed by atoms with Crippen LogP contribution in [0.5, 0.6) is 5.75 Å². The van der Waals surface area contributed by atoms with Gasteiger partial charge in [-0.25, -0.2) is 0 Å². The third-order valence-corrected chi connectivity index (χ3v) is 4.25. The monoisotopic (exact) mass is 400 g/mol. The van der Waals surface area contributed by atoms with Gasteiger partial charge in [0, 0.05) is 16.8 Å². The molecule has 0 saturated heterocycles. The van der Waals surface area contributed by atoms with E-state index in [4.69, 9.17) is 20.8 Å². The molecular weight excluding hydrogens is 384 g/mol. The Kier molecular flexibility index (Phi) is 5.65. The quantitative estimate of drug-likeness (QED) is 0.448. The zero-order valence-corrected chi connectivity index (χ0v) is 15.9. The number of nitrogens with zero attached hydrogens (tertiary/aromatic N) is 1. The minimum absolute atomic E-state index is 0.0482. The molecule has 1 aromatic heterocycles. The van der Waals surface area contributed by atoms with Gasteiger partial charge in [-0.3, -0.25) is 14.9 Å². The fourth-order valence-corrected chi connectivity index (χ4v) is 2.70. The number of hydrogen-bond donors (Lipinski definition) is 1. The maximum Gasteiger partial charge on any atom is 0.311 e. The van der Waals surface area contributed by atoms with Crippen molar-refractivity contribution in [2.75, 3.05) is 5.32 Å². The summed E-state index contributed by atoms with van der Waals surface area (Å²) >= 11 is 5.96. The van der Waals surface area contributed by atoms with Gasteiger partial charge in [-0.05, 0) is 55.3 Å². The van der Waals surface area contributed by atoms with Gasteiger partial charge in [0.25, 0.3) is 5.91 Å². The van der Waals surface area contributed by atoms with Crippen LogP contribution in [0.3, 0.4) is 0 Å². The number of aryl methyl sites for hydroxylation is 2. The Morgan fingerprint density at radius 3 is 2.71 bits per heavy atom. The summed E-state index contributed by atoms with van der Waals surface area (Å²) in [5, 5.41) is 14.4. The number of furan rings is 1. The number of amides is 1. The van der Waals surface area contributed by atoms with Crippen LogP contribution in [0, 0.1) is 24.0 Å². The lowest BCUT2D eigenvalue weighted by molar-refractivity contribution is -0.386. The summed E-state index contributed by atoms with van der Waals surface area (Å²) in [6.07, 6.45) is 0. The first-order valence-corrected chi connectivity index (χ1v) is 8.75. The van der Waals surface area contributed by atoms with Gasteiger partial charge in [-0.15, -0.1) is 0 Å². The van der Waals surface area contributed by atoms with Crippen molar-refractivity contribution in [1.29, 1.82) is 0 Å². The van der Waals surface area contributed by atoms with E-state index in [1.165, 1.54) is 18.2 Å². The first-order valence-electron chi connectivity index (χ1n) is 8.37. The van der Waals surface area contributed by atoms with Crippen molar-refractivity contribution in [3.05, 3.63) is 86.3 Å². The average molecular weight is 401 g/mol. The molecule has 8 heteroatoms. The van der Waals surface area contributed by atoms with Crippen LogP contribution in [0.25, 0.3) is 0 Å². The largest absolute Gasteiger partial charge is 0.479 e. The van der Waals surface area contributed by atoms with Gasteiger partial charge in [0.2, 0.25) is 0 Å². The third kappa shape index (κ3) is 4.50. The Labute approximate surface area is 166 Å². The smallest absolute Gasteiger partial charge is 0.311 e. The standard InChI is InChI=1S/C20H17ClN2O5/c1-12-3-7-18(17(9-12)23(25)26)27-11-15-6-8-19(28-15)20(24)22-16-10-14(21)5-4-13(16)2/h3-10H,11H2,1-2H3,(H,22,24). The topological polar surface area (TPSA) is 94.6 Å². The van der Waals surface area contributed by atoms with Crippen LogP contribution in [0.4, 0.5) is 11.4 Å². The van der Waals surface area contributed by atoms with Crippen LogP contribution in [0.2, 0.25) is 5.02 Å². The second-order valence-corrected chi connectivity index (χ2v) is 6.63. The van der Waals surface area contributed by atoms with E-state index in [1.807, 2.05) is 6.92 Å². The normalized spacial score (nSPS) is 10.5. The van der Waals surface area contributed by atoms with Crippen molar-refractivity contribution in [2.24, 2.45) is 0 Å². The molecule has 1 amide bonds. The summed E-state index contributed by atoms with van der Waals surface area (Å²) in [5.74, 6) is 0.157. The molecule has 0 spiro atoms. The van der Waals surface area contributed by atoms with E-state index in [-0.39, 0.29) is 23.8 Å². The maximum atomic E-state index is 12.4. The predicted octanol–water partition coefficient (Wildman–Crippen LogP) is 5.29. The Morgan fingerprint density at radius 1 is 1.18 bits per heavy atom. The van der Waals surface area contributed by atoms with Gasteiger partial charge >= 0.3 is 5.69 Å². The second kappa shape index (κ2) is 8.14. The van der Waals surface area contributed by atoms with Crippen LogP contribution in [-0.2, 0) is 6.61 Å². The number of rotatable bonds is 6. The molecule has 144 valence electrons. The fourth-order valence-electron chi connectivity index (χ4n) is 2.53. The Morgan fingerprint density at radius 2 is 1.96 bits per heavy atom. The number of nitro groups is 1. The number of benzene rings is 2. The summed E-state index contributed by atoms with van der Waals surface area (Å²) in [7, 11) is 0. The van der Waals surface area contributed by atoms with Crippen molar-refractivity contribution < 1.29 is 18.9 Å². The van der Waals surface area contributed by atoms with Gasteiger partial charge in [-0.1, -0.05) is 23.7 Å². The van der Waals surface area contributed by atoms with Crippen LogP contribution in [0.1, 0.15) is 27.4 Å². The van der Waals surface area contributed by atoms with Crippen molar-refractivity contribution >= 4 is 28.9 Å². The number of carbonyl (C=O) groups excluding carboxylic acids is 1. The highest BCUT2D eigenvalue weighted by Gasteiger charge is 2.17. The first kappa shape index (κ1) is 19.4. The summed E-state index contributed by atoms with van der Waals surface area (Å²) in [4.78, 5) is 23.0. The SMILES string of the molecule is Cc1ccc(OCc2ccc(C(=O)Nc3cc(Cl)ccc3C)o2)c([N+](=O)[O-])c1. The molecule has 1 N–H and O–H groups in total. The molecule has 0 fully saturated rings. The van der Waals surface area contributed by atoms with Crippen LogP contribution in [0.15, 0.2) is 52.9 Å². The highest BCUT2D eigenvalue weighted by atomic mass is 35.5. The Hall–Kier alpha value is -3.32. The van der Waals surface area contributed by atoms with Crippen LogP contribution >= 0.6 is 11.6 Å². The lowest BCUT2D eigenvalue weighted by Crippen LogP contribution is -2.11. The molecule has 0 aliphatic rings. The molecule has 0 unspecified atom stereocenters. The molecule has 28 heavy (non-hydrogen) atoms. The number of nitrogens with one attached hydrogen (secondary N) is 1. The fraction of sp³-hybridized carbons (Fsp3) is 0.150. The third-order valence-electron chi connectivity index (χ3n) is 4.01. The number of halogens is 1. The summed E-state index contributed by atoms with van der Waals surface area (Å²) in [6, 6.07) is 13.0. The summed E-state index contributed by atoms with van der Waals surface area (Å²) < 4.78 is 11.0. The molecule has 0 saturated carbocycles. The molecule has 7 nitrogen and oxygen atoms in total. The molecule has 0 aliphatic heterocycles. The first-order chi connectivity index (χ1) is 13.3. The molecule has 3 aromatic rings. The molecule has 0 aliphatic carbocycles. The van der Waals surface area contributed by atoms with Crippen LogP contribution in [-0.4, -0.2) is 10.8 Å². The van der Waals surface area contributed by atoms with Gasteiger partial charge in [0.05, 0.1) is 4.92 Å². The minimum atomic E-state index is -0.503. The zero-order chi connectivity index (χ0) is 20.3. The van der Waals surface area contributed by atoms with E-state index in [9.17, 15) is 14.9 Å². The maximum absolute atomic E-state index is 12.4. The van der Waals surface area contributed by atoms with Gasteiger partial charge in [0.15, 0.2) is 11.5 Å². The minimum Gasteiger partial charge on any atom is -0.479 e. The number of nitro benzene ring substituents is 1. The van der Waals surface area contributed by atoms with E-state index < -0.39 is 10.8 Å². The Bertz CT molecular complexity index is 1040. The van der Waals surface area contributed by atoms with E-state index in [0.717, 1.165) is 11.1 Å². The van der Waals surface area contributed by atoms with Crippen LogP contribution < -0.4 is 10.1 Å². The summed E-state index contributed by atoms with van der Waals surface area (Å²) in [5.41, 5.74) is 2.08. The van der Waals surface area contributed by atoms with E-state index in [2.05, 4.69) is 5.32 Å².